The zero-order chi connectivity index (χ0) is 35.1. The van der Waals surface area contributed by atoms with Crippen LogP contribution in [0.3, 0.4) is 0 Å². The van der Waals surface area contributed by atoms with Crippen LogP contribution in [-0.4, -0.2) is 79.3 Å². The van der Waals surface area contributed by atoms with E-state index in [4.69, 9.17) is 4.74 Å². The van der Waals surface area contributed by atoms with E-state index in [2.05, 4.69) is 15.0 Å². The summed E-state index contributed by atoms with van der Waals surface area (Å²) in [5, 5.41) is 10.1. The average molecular weight is 663 g/mol. The molecule has 1 saturated heterocycles. The van der Waals surface area contributed by atoms with Gasteiger partial charge in [-0.3, -0.25) is 9.78 Å². The molecule has 3 aromatic heterocycles. The van der Waals surface area contributed by atoms with Gasteiger partial charge in [0.05, 0.1) is 16.8 Å². The molecule has 1 aromatic carbocycles. The first kappa shape index (κ1) is 34.6. The third-order valence-corrected chi connectivity index (χ3v) is 8.28. The third kappa shape index (κ3) is 6.51. The minimum atomic E-state index is -0.928. The molecule has 4 heterocycles. The van der Waals surface area contributed by atoms with Gasteiger partial charge in [-0.1, -0.05) is 26.0 Å². The van der Waals surface area contributed by atoms with Crippen molar-refractivity contribution in [3.8, 4) is 16.9 Å². The summed E-state index contributed by atoms with van der Waals surface area (Å²) >= 11 is 0. The fourth-order valence-electron chi connectivity index (χ4n) is 6.10. The van der Waals surface area contributed by atoms with Gasteiger partial charge in [0.1, 0.15) is 22.9 Å². The second-order valence-electron chi connectivity index (χ2n) is 13.4. The summed E-state index contributed by atoms with van der Waals surface area (Å²) in [6.45, 7) is 13.1. The Morgan fingerprint density at radius 1 is 1.10 bits per heavy atom. The molecule has 48 heavy (non-hydrogen) atoms. The largest absolute Gasteiger partial charge is 0.444 e. The average Bonchev–Trinajstić information content (AvgIpc) is 3.01. The summed E-state index contributed by atoms with van der Waals surface area (Å²) in [4.78, 5) is 56.2. The molecule has 1 N–H and O–H groups in total. The van der Waals surface area contributed by atoms with E-state index < -0.39 is 34.7 Å². The Labute approximate surface area is 277 Å². The van der Waals surface area contributed by atoms with Crippen molar-refractivity contribution in [3.05, 3.63) is 75.5 Å². The Kier molecular flexibility index (Phi) is 9.63. The number of aldehydes is 1. The molecular formula is C35H40F2N6O5. The number of piperazine rings is 1. The highest BCUT2D eigenvalue weighted by atomic mass is 19.1. The second-order valence-corrected chi connectivity index (χ2v) is 13.4. The summed E-state index contributed by atoms with van der Waals surface area (Å²) < 4.78 is 38.3. The van der Waals surface area contributed by atoms with Crippen molar-refractivity contribution in [1.29, 1.82) is 0 Å². The number of anilines is 1. The van der Waals surface area contributed by atoms with Gasteiger partial charge in [-0.2, -0.15) is 4.98 Å². The van der Waals surface area contributed by atoms with Crippen LogP contribution in [0.2, 0.25) is 0 Å². The lowest BCUT2D eigenvalue weighted by atomic mass is 10.0. The van der Waals surface area contributed by atoms with Gasteiger partial charge in [-0.15, -0.1) is 0 Å². The quantitative estimate of drug-likeness (QED) is 0.258. The molecule has 254 valence electrons. The van der Waals surface area contributed by atoms with Gasteiger partial charge in [-0.25, -0.2) is 27.9 Å². The van der Waals surface area contributed by atoms with Crippen molar-refractivity contribution >= 4 is 29.2 Å². The van der Waals surface area contributed by atoms with Crippen molar-refractivity contribution in [3.63, 3.8) is 0 Å². The van der Waals surface area contributed by atoms with E-state index in [-0.39, 0.29) is 72.1 Å². The molecule has 0 radical (unpaired) electrons. The number of aliphatic hydroxyl groups is 1. The Hall–Kier alpha value is -4.78. The number of carbonyl (C=O) groups excluding carboxylic acids is 2. The monoisotopic (exact) mass is 662 g/mol. The summed E-state index contributed by atoms with van der Waals surface area (Å²) in [5.41, 5.74) is -0.978. The van der Waals surface area contributed by atoms with E-state index in [0.717, 1.165) is 12.1 Å². The number of aliphatic hydroxyl groups excluding tert-OH is 1. The van der Waals surface area contributed by atoms with Crippen LogP contribution >= 0.6 is 0 Å². The van der Waals surface area contributed by atoms with Crippen LogP contribution in [0.25, 0.3) is 28.0 Å². The lowest BCUT2D eigenvalue weighted by molar-refractivity contribution is 0.0130. The Morgan fingerprint density at radius 3 is 2.48 bits per heavy atom. The number of nitrogens with zero attached hydrogens (tertiary/aromatic N) is 6. The minimum Gasteiger partial charge on any atom is -0.444 e. The molecule has 1 aliphatic heterocycles. The minimum absolute atomic E-state index is 0.0370. The van der Waals surface area contributed by atoms with Crippen LogP contribution in [0.4, 0.5) is 19.4 Å². The van der Waals surface area contributed by atoms with Gasteiger partial charge in [0.15, 0.2) is 17.8 Å². The third-order valence-electron chi connectivity index (χ3n) is 8.28. The van der Waals surface area contributed by atoms with Crippen molar-refractivity contribution in [2.24, 2.45) is 0 Å². The number of hydrogen-bond acceptors (Lipinski definition) is 9. The number of ether oxygens (including phenoxy) is 1. The zero-order valence-corrected chi connectivity index (χ0v) is 28.1. The summed E-state index contributed by atoms with van der Waals surface area (Å²) in [5.74, 6) is -1.84. The first-order valence-corrected chi connectivity index (χ1v) is 15.9. The molecule has 0 aliphatic carbocycles. The fourth-order valence-corrected chi connectivity index (χ4v) is 6.10. The highest BCUT2D eigenvalue weighted by molar-refractivity contribution is 5.93. The summed E-state index contributed by atoms with van der Waals surface area (Å²) in [6, 6.07) is 5.86. The topological polar surface area (TPSA) is 131 Å². The molecule has 1 aliphatic rings. The predicted molar refractivity (Wildman–Crippen MR) is 178 cm³/mol. The SMILES string of the molecule is CC(C)c1nccc(CCO)c1-n1c(=O)nc(N2C[C@@H](C)N(C(=O)OC(C)(C)C)C[C@@H]2C)c2cc(F)c(-c3c(F)cccc3C=O)nc21. The molecule has 13 heteroatoms. The summed E-state index contributed by atoms with van der Waals surface area (Å²) in [7, 11) is 0. The van der Waals surface area contributed by atoms with E-state index in [1.165, 1.54) is 16.7 Å². The lowest BCUT2D eigenvalue weighted by Crippen LogP contribution is -2.59. The molecular weight excluding hydrogens is 622 g/mol. The first-order chi connectivity index (χ1) is 22.7. The van der Waals surface area contributed by atoms with E-state index in [9.17, 15) is 19.5 Å². The van der Waals surface area contributed by atoms with Crippen molar-refractivity contribution in [2.75, 3.05) is 24.6 Å². The maximum Gasteiger partial charge on any atom is 0.410 e. The smallest absolute Gasteiger partial charge is 0.410 e. The fraction of sp³-hybridized carbons (Fsp3) is 0.429. The highest BCUT2D eigenvalue weighted by Crippen LogP contribution is 2.35. The Bertz CT molecular complexity index is 1940. The van der Waals surface area contributed by atoms with Crippen molar-refractivity contribution in [2.45, 2.75) is 78.5 Å². The van der Waals surface area contributed by atoms with Crippen LogP contribution in [0.1, 0.15) is 76.0 Å². The molecule has 0 saturated carbocycles. The van der Waals surface area contributed by atoms with E-state index in [1.54, 1.807) is 37.9 Å². The molecule has 5 rings (SSSR count). The maximum absolute atomic E-state index is 16.2. The predicted octanol–water partition coefficient (Wildman–Crippen LogP) is 5.43. The van der Waals surface area contributed by atoms with E-state index in [1.807, 2.05) is 32.6 Å². The number of aromatic nitrogens is 4. The maximum atomic E-state index is 16.2. The number of carbonyl (C=O) groups is 2. The summed E-state index contributed by atoms with van der Waals surface area (Å²) in [6.07, 6.45) is 1.70. The first-order valence-electron chi connectivity index (χ1n) is 15.9. The molecule has 11 nitrogen and oxygen atoms in total. The number of benzene rings is 1. The lowest BCUT2D eigenvalue weighted by Gasteiger charge is -2.44. The van der Waals surface area contributed by atoms with Gasteiger partial charge < -0.3 is 19.6 Å². The standard InChI is InChI=1S/C35H40F2N6O5/c1-19(2)28-30(22(12-14-44)11-13-38-28)43-32-24(15-26(37)29(39-32)27-23(18-45)9-8-10-25(27)36)31(40-33(43)46)41-16-21(4)42(17-20(41)3)34(47)48-35(5,6)7/h8-11,13,15,18-21,44H,12,14,16-17H2,1-7H3/t20-,21+/m0/s1. The number of hydrogen-bond donors (Lipinski definition) is 1. The van der Waals surface area contributed by atoms with Crippen molar-refractivity contribution < 1.29 is 28.2 Å². The van der Waals surface area contributed by atoms with Gasteiger partial charge in [-0.05, 0) is 70.7 Å². The molecule has 2 atom stereocenters. The van der Waals surface area contributed by atoms with Crippen LogP contribution in [0.5, 0.6) is 0 Å². The molecule has 1 fully saturated rings. The number of halogens is 2. The van der Waals surface area contributed by atoms with Crippen LogP contribution in [0.15, 0.2) is 41.3 Å². The molecule has 0 bridgehead atoms. The highest BCUT2D eigenvalue weighted by Gasteiger charge is 2.37. The Balaban J connectivity index is 1.80. The number of amides is 1. The van der Waals surface area contributed by atoms with Gasteiger partial charge in [0.2, 0.25) is 0 Å². The van der Waals surface area contributed by atoms with E-state index >= 15 is 8.78 Å². The number of fused-ring (bicyclic) bond motifs is 1. The molecule has 4 aromatic rings. The second kappa shape index (κ2) is 13.4. The molecule has 0 spiro atoms. The van der Waals surface area contributed by atoms with E-state index in [0.29, 0.717) is 23.2 Å². The van der Waals surface area contributed by atoms with Crippen LogP contribution in [0, 0.1) is 11.6 Å². The Morgan fingerprint density at radius 2 is 1.83 bits per heavy atom. The van der Waals surface area contributed by atoms with Crippen LogP contribution in [-0.2, 0) is 11.2 Å². The van der Waals surface area contributed by atoms with Gasteiger partial charge >= 0.3 is 11.8 Å². The number of rotatable bonds is 7. The zero-order valence-electron chi connectivity index (χ0n) is 28.1. The van der Waals surface area contributed by atoms with Crippen LogP contribution < -0.4 is 10.6 Å². The molecule has 0 unspecified atom stereocenters. The van der Waals surface area contributed by atoms with Crippen molar-refractivity contribution in [1.82, 2.24) is 24.4 Å². The van der Waals surface area contributed by atoms with Gasteiger partial charge in [0.25, 0.3) is 0 Å². The normalized spacial score (nSPS) is 16.9. The number of pyridine rings is 2. The van der Waals surface area contributed by atoms with Gasteiger partial charge in [0, 0.05) is 49.1 Å². The molecule has 1 amide bonds.